The lowest BCUT2D eigenvalue weighted by Gasteiger charge is -1.88. The van der Waals surface area contributed by atoms with E-state index in [0.717, 1.165) is 0 Å². The lowest BCUT2D eigenvalue weighted by atomic mass is 10.4. The number of nitrogens with zero attached hydrogens (tertiary/aromatic N) is 1. The van der Waals surface area contributed by atoms with Crippen LogP contribution < -0.4 is 0 Å². The molecule has 0 amide bonds. The van der Waals surface area contributed by atoms with Gasteiger partial charge in [-0.25, -0.2) is 0 Å². The Morgan fingerprint density at radius 2 is 1.56 bits per heavy atom. The largest absolute Gasteiger partial charge is 0.318 e. The third-order valence-electron chi connectivity index (χ3n) is 1.59. The molecule has 0 aliphatic carbocycles. The third-order valence-corrected chi connectivity index (χ3v) is 1.59. The van der Waals surface area contributed by atoms with Crippen LogP contribution in [0.2, 0.25) is 0 Å². The molecule has 1 nitrogen and oxygen atoms in total. The van der Waals surface area contributed by atoms with Gasteiger partial charge in [-0.2, -0.15) is 0 Å². The number of fused-ring (bicyclic) bond motifs is 2. The molecule has 2 bridgehead atoms. The Hall–Kier alpha value is -1.24. The topological polar surface area (TPSA) is 4.93 Å². The Labute approximate surface area is 53.6 Å². The maximum Gasteiger partial charge on any atom is 0.0456 e. The summed E-state index contributed by atoms with van der Waals surface area (Å²) in [6.45, 7) is 3.69. The van der Waals surface area contributed by atoms with Gasteiger partial charge in [0.15, 0.2) is 0 Å². The number of hydrogen-bond acceptors (Lipinski definition) is 0. The van der Waals surface area contributed by atoms with Crippen LogP contribution in [0.25, 0.3) is 17.2 Å². The lowest BCUT2D eigenvalue weighted by molar-refractivity contribution is 1.32. The Bertz CT molecular complexity index is 271. The highest BCUT2D eigenvalue weighted by atomic mass is 14.9. The van der Waals surface area contributed by atoms with Gasteiger partial charge in [0.25, 0.3) is 0 Å². The monoisotopic (exact) mass is 117 g/mol. The highest BCUT2D eigenvalue weighted by Crippen LogP contribution is 2.15. The Morgan fingerprint density at radius 3 is 1.78 bits per heavy atom. The molecule has 0 radical (unpaired) electrons. The second kappa shape index (κ2) is 1.38. The van der Waals surface area contributed by atoms with Crippen molar-refractivity contribution in [1.82, 2.24) is 4.57 Å². The molecule has 0 fully saturated rings. The number of benzene rings is 1. The summed E-state index contributed by atoms with van der Waals surface area (Å²) in [6.07, 6.45) is 1.82. The van der Waals surface area contributed by atoms with E-state index in [1.165, 1.54) is 11.0 Å². The first-order valence-electron chi connectivity index (χ1n) is 2.94. The molecule has 9 heavy (non-hydrogen) atoms. The van der Waals surface area contributed by atoms with Crippen LogP contribution in [-0.2, 0) is 0 Å². The van der Waals surface area contributed by atoms with Gasteiger partial charge in [-0.15, -0.1) is 0 Å². The maximum absolute atomic E-state index is 3.69. The lowest BCUT2D eigenvalue weighted by Crippen LogP contribution is -1.75. The zero-order chi connectivity index (χ0) is 6.27. The van der Waals surface area contributed by atoms with Crippen LogP contribution in [0.1, 0.15) is 0 Å². The van der Waals surface area contributed by atoms with Gasteiger partial charge in [0.1, 0.15) is 0 Å². The second-order valence-electron chi connectivity index (χ2n) is 2.07. The molecule has 2 rings (SSSR count). The molecule has 0 aliphatic rings. The summed E-state index contributed by atoms with van der Waals surface area (Å²) < 4.78 is 2.06. The van der Waals surface area contributed by atoms with E-state index >= 15 is 0 Å². The fraction of sp³-hybridized carbons (Fsp3) is 0. The van der Waals surface area contributed by atoms with Gasteiger partial charge in [-0.3, -0.25) is 0 Å². The van der Waals surface area contributed by atoms with Crippen LogP contribution >= 0.6 is 0 Å². The van der Waals surface area contributed by atoms with Crippen LogP contribution in [0.4, 0.5) is 0 Å². The van der Waals surface area contributed by atoms with Gasteiger partial charge in [0.05, 0.1) is 0 Å². The summed E-state index contributed by atoms with van der Waals surface area (Å²) in [6, 6.07) is 8.32. The van der Waals surface area contributed by atoms with Crippen molar-refractivity contribution < 1.29 is 0 Å². The number of rotatable bonds is 1. The highest BCUT2D eigenvalue weighted by Gasteiger charge is 1.97. The van der Waals surface area contributed by atoms with Gasteiger partial charge in [0, 0.05) is 17.2 Å². The molecule has 0 spiro atoms. The first-order chi connectivity index (χ1) is 4.42. The van der Waals surface area contributed by atoms with Gasteiger partial charge >= 0.3 is 0 Å². The third kappa shape index (κ3) is 0.435. The zero-order valence-electron chi connectivity index (χ0n) is 5.04. The Kier molecular flexibility index (Phi) is 0.707. The summed E-state index contributed by atoms with van der Waals surface area (Å²) >= 11 is 0. The highest BCUT2D eigenvalue weighted by molar-refractivity contribution is 5.72. The molecule has 0 aromatic carbocycles. The van der Waals surface area contributed by atoms with E-state index in [-0.39, 0.29) is 0 Å². The molecule has 0 aliphatic heterocycles. The standard InChI is InChI=1S/C8H7N/c1-2-9-7-3-4-8(9)6-5-7/h2-6H,1H2. The quantitative estimate of drug-likeness (QED) is 0.539. The van der Waals surface area contributed by atoms with Crippen LogP contribution in [0.15, 0.2) is 30.8 Å². The molecule has 2 aromatic rings. The van der Waals surface area contributed by atoms with Crippen molar-refractivity contribution in [2.75, 3.05) is 0 Å². The van der Waals surface area contributed by atoms with Crippen LogP contribution in [-0.4, -0.2) is 4.57 Å². The van der Waals surface area contributed by atoms with Gasteiger partial charge in [-0.1, -0.05) is 6.58 Å². The molecule has 0 saturated carbocycles. The summed E-state index contributed by atoms with van der Waals surface area (Å²) in [5, 5.41) is 0. The number of hydrogen-bond donors (Lipinski definition) is 0. The van der Waals surface area contributed by atoms with E-state index in [9.17, 15) is 0 Å². The van der Waals surface area contributed by atoms with Crippen molar-refractivity contribution in [2.24, 2.45) is 0 Å². The van der Waals surface area contributed by atoms with Crippen molar-refractivity contribution in [2.45, 2.75) is 0 Å². The van der Waals surface area contributed by atoms with E-state index in [1.54, 1.807) is 0 Å². The van der Waals surface area contributed by atoms with Crippen molar-refractivity contribution in [3.05, 3.63) is 30.8 Å². The maximum atomic E-state index is 3.69. The van der Waals surface area contributed by atoms with Gasteiger partial charge in [-0.05, 0) is 24.3 Å². The molecule has 2 aromatic heterocycles. The average molecular weight is 117 g/mol. The molecule has 2 heterocycles. The van der Waals surface area contributed by atoms with Crippen molar-refractivity contribution in [1.29, 1.82) is 0 Å². The van der Waals surface area contributed by atoms with Crippen LogP contribution in [0, 0.1) is 0 Å². The van der Waals surface area contributed by atoms with Crippen molar-refractivity contribution in [3.8, 4) is 0 Å². The summed E-state index contributed by atoms with van der Waals surface area (Å²) in [5.41, 5.74) is 2.44. The smallest absolute Gasteiger partial charge is 0.0456 e. The molecule has 1 heteroatoms. The average Bonchev–Trinajstić information content (AvgIpc) is 2.44. The molecule has 44 valence electrons. The number of aromatic nitrogens is 1. The van der Waals surface area contributed by atoms with E-state index in [4.69, 9.17) is 0 Å². The first-order valence-corrected chi connectivity index (χ1v) is 2.94. The predicted molar refractivity (Wildman–Crippen MR) is 39.5 cm³/mol. The first kappa shape index (κ1) is 4.62. The molecule has 0 N–H and O–H groups in total. The van der Waals surface area contributed by atoms with E-state index in [1.807, 2.05) is 6.20 Å². The SMILES string of the molecule is C=Cn1c2ccc1cc2. The second-order valence-corrected chi connectivity index (χ2v) is 2.07. The summed E-state index contributed by atoms with van der Waals surface area (Å²) in [7, 11) is 0. The van der Waals surface area contributed by atoms with E-state index in [2.05, 4.69) is 35.4 Å². The van der Waals surface area contributed by atoms with Gasteiger partial charge < -0.3 is 4.57 Å². The Morgan fingerprint density at radius 1 is 1.11 bits per heavy atom. The zero-order valence-corrected chi connectivity index (χ0v) is 5.04. The molecule has 0 saturated heterocycles. The van der Waals surface area contributed by atoms with Crippen molar-refractivity contribution in [3.63, 3.8) is 0 Å². The van der Waals surface area contributed by atoms with Crippen LogP contribution in [0.5, 0.6) is 0 Å². The van der Waals surface area contributed by atoms with E-state index < -0.39 is 0 Å². The predicted octanol–water partition coefficient (Wildman–Crippen LogP) is 2.18. The van der Waals surface area contributed by atoms with E-state index in [0.29, 0.717) is 0 Å². The minimum absolute atomic E-state index is 1.22. The van der Waals surface area contributed by atoms with Crippen LogP contribution in [0.3, 0.4) is 0 Å². The van der Waals surface area contributed by atoms with Crippen molar-refractivity contribution >= 4 is 17.2 Å². The normalized spacial score (nSPS) is 10.7. The van der Waals surface area contributed by atoms with Gasteiger partial charge in [0.2, 0.25) is 0 Å². The molecule has 0 unspecified atom stereocenters. The fourth-order valence-electron chi connectivity index (χ4n) is 1.13. The molecule has 0 atom stereocenters. The molecular formula is C8H7N. The molecular weight excluding hydrogens is 110 g/mol. The Balaban J connectivity index is 2.94. The minimum Gasteiger partial charge on any atom is -0.318 e. The summed E-state index contributed by atoms with van der Waals surface area (Å²) in [5.74, 6) is 0. The minimum atomic E-state index is 1.22. The summed E-state index contributed by atoms with van der Waals surface area (Å²) in [4.78, 5) is 0. The fourth-order valence-corrected chi connectivity index (χ4v) is 1.13.